The molecule has 0 atom stereocenters. The zero-order valence-corrected chi connectivity index (χ0v) is 6.37. The van der Waals surface area contributed by atoms with Gasteiger partial charge < -0.3 is 15.3 Å². The molecular formula is C6H11N3O2. The van der Waals surface area contributed by atoms with Crippen LogP contribution in [0.1, 0.15) is 0 Å². The van der Waals surface area contributed by atoms with Gasteiger partial charge >= 0.3 is 5.97 Å². The third-order valence-electron chi connectivity index (χ3n) is 1.46. The third-order valence-corrected chi connectivity index (χ3v) is 1.46. The van der Waals surface area contributed by atoms with E-state index in [-0.39, 0.29) is 6.54 Å². The van der Waals surface area contributed by atoms with Gasteiger partial charge in [-0.3, -0.25) is 9.79 Å². The second kappa shape index (κ2) is 3.23. The van der Waals surface area contributed by atoms with Crippen molar-refractivity contribution < 1.29 is 9.90 Å². The van der Waals surface area contributed by atoms with Gasteiger partial charge in [-0.1, -0.05) is 0 Å². The monoisotopic (exact) mass is 157 g/mol. The first kappa shape index (κ1) is 7.84. The maximum Gasteiger partial charge on any atom is 0.322 e. The van der Waals surface area contributed by atoms with E-state index in [0.717, 1.165) is 13.1 Å². The van der Waals surface area contributed by atoms with Crippen LogP contribution in [0.3, 0.4) is 0 Å². The van der Waals surface area contributed by atoms with Gasteiger partial charge in [-0.05, 0) is 0 Å². The Hall–Kier alpha value is -1.26. The van der Waals surface area contributed by atoms with Crippen molar-refractivity contribution in [1.29, 1.82) is 0 Å². The topological polar surface area (TPSA) is 64.9 Å². The van der Waals surface area contributed by atoms with Crippen molar-refractivity contribution in [3.05, 3.63) is 0 Å². The summed E-state index contributed by atoms with van der Waals surface area (Å²) < 4.78 is 0. The maximum absolute atomic E-state index is 10.1. The van der Waals surface area contributed by atoms with E-state index >= 15 is 0 Å². The van der Waals surface area contributed by atoms with Gasteiger partial charge in [0, 0.05) is 13.6 Å². The number of nitrogens with zero attached hydrogens (tertiary/aromatic N) is 2. The van der Waals surface area contributed by atoms with E-state index in [4.69, 9.17) is 5.11 Å². The van der Waals surface area contributed by atoms with Gasteiger partial charge in [0.2, 0.25) is 0 Å². The minimum absolute atomic E-state index is 0.0663. The van der Waals surface area contributed by atoms with Crippen molar-refractivity contribution in [3.8, 4) is 0 Å². The number of carboxylic acid groups (broad SMARTS) is 1. The first-order chi connectivity index (χ1) is 5.20. The standard InChI is InChI=1S/C6H11N3O2/c1-9-3-2-7-6(9)8-4-5(10)11/h2-4H2,1H3,(H,7,8)(H,10,11). The molecule has 0 spiro atoms. The summed E-state index contributed by atoms with van der Waals surface area (Å²) in [5, 5.41) is 11.0. The Bertz CT molecular complexity index is 190. The summed E-state index contributed by atoms with van der Waals surface area (Å²) >= 11 is 0. The second-order valence-corrected chi connectivity index (χ2v) is 2.37. The van der Waals surface area contributed by atoms with Gasteiger partial charge in [0.1, 0.15) is 6.54 Å². The predicted molar refractivity (Wildman–Crippen MR) is 40.6 cm³/mol. The highest BCUT2D eigenvalue weighted by atomic mass is 16.4. The molecule has 0 aliphatic carbocycles. The highest BCUT2D eigenvalue weighted by Crippen LogP contribution is 1.93. The summed E-state index contributed by atoms with van der Waals surface area (Å²) in [4.78, 5) is 16.1. The summed E-state index contributed by atoms with van der Waals surface area (Å²) in [5.74, 6) is -0.194. The quantitative estimate of drug-likeness (QED) is 0.537. The van der Waals surface area contributed by atoms with Gasteiger partial charge in [-0.15, -0.1) is 0 Å². The minimum Gasteiger partial charge on any atom is -0.480 e. The first-order valence-corrected chi connectivity index (χ1v) is 3.41. The third kappa shape index (κ3) is 2.10. The Morgan fingerprint density at radius 1 is 1.91 bits per heavy atom. The van der Waals surface area contributed by atoms with Crippen LogP contribution < -0.4 is 5.32 Å². The molecule has 0 aromatic heterocycles. The molecular weight excluding hydrogens is 146 g/mol. The molecule has 0 unspecified atom stereocenters. The number of hydrogen-bond acceptors (Lipinski definition) is 4. The molecule has 1 aliphatic heterocycles. The molecule has 1 aliphatic rings. The van der Waals surface area contributed by atoms with Crippen LogP contribution in [0.2, 0.25) is 0 Å². The van der Waals surface area contributed by atoms with Crippen molar-refractivity contribution in [3.63, 3.8) is 0 Å². The molecule has 0 saturated heterocycles. The van der Waals surface area contributed by atoms with Gasteiger partial charge in [0.15, 0.2) is 5.96 Å². The van der Waals surface area contributed by atoms with Gasteiger partial charge in [0.05, 0.1) is 6.54 Å². The largest absolute Gasteiger partial charge is 0.480 e. The number of aliphatic carboxylic acids is 1. The molecule has 0 aromatic rings. The van der Waals surface area contributed by atoms with Crippen LogP contribution in [0.15, 0.2) is 4.99 Å². The van der Waals surface area contributed by atoms with E-state index in [0.29, 0.717) is 5.96 Å². The van der Waals surface area contributed by atoms with Crippen LogP contribution in [0.25, 0.3) is 0 Å². The molecule has 5 heteroatoms. The molecule has 62 valence electrons. The zero-order valence-electron chi connectivity index (χ0n) is 6.37. The van der Waals surface area contributed by atoms with E-state index < -0.39 is 5.97 Å². The van der Waals surface area contributed by atoms with Crippen molar-refractivity contribution in [2.75, 3.05) is 26.7 Å². The van der Waals surface area contributed by atoms with Crippen molar-refractivity contribution in [2.24, 2.45) is 4.99 Å². The van der Waals surface area contributed by atoms with E-state index in [1.165, 1.54) is 0 Å². The van der Waals surface area contributed by atoms with Crippen LogP contribution in [0.4, 0.5) is 0 Å². The Morgan fingerprint density at radius 2 is 2.64 bits per heavy atom. The van der Waals surface area contributed by atoms with Crippen molar-refractivity contribution in [2.45, 2.75) is 0 Å². The fourth-order valence-corrected chi connectivity index (χ4v) is 0.878. The van der Waals surface area contributed by atoms with Gasteiger partial charge in [-0.25, -0.2) is 0 Å². The lowest BCUT2D eigenvalue weighted by atomic mass is 10.6. The van der Waals surface area contributed by atoms with E-state index in [1.807, 2.05) is 11.9 Å². The number of rotatable bonds is 2. The number of hydrogen-bond donors (Lipinski definition) is 2. The zero-order chi connectivity index (χ0) is 8.27. The highest BCUT2D eigenvalue weighted by Gasteiger charge is 2.11. The van der Waals surface area contributed by atoms with Crippen LogP contribution in [0.5, 0.6) is 0 Å². The molecule has 0 bridgehead atoms. The molecule has 0 saturated carbocycles. The number of guanidine groups is 1. The van der Waals surface area contributed by atoms with Gasteiger partial charge in [-0.2, -0.15) is 0 Å². The number of carboxylic acids is 1. The molecule has 0 aromatic carbocycles. The Morgan fingerprint density at radius 3 is 3.09 bits per heavy atom. The summed E-state index contributed by atoms with van der Waals surface area (Å²) in [6.07, 6.45) is 0. The van der Waals surface area contributed by atoms with E-state index in [1.54, 1.807) is 0 Å². The summed E-state index contributed by atoms with van der Waals surface area (Å²) in [6, 6.07) is 0. The fraction of sp³-hybridized carbons (Fsp3) is 0.667. The minimum atomic E-state index is -0.868. The molecule has 0 amide bonds. The number of nitrogens with one attached hydrogen (secondary N) is 1. The lowest BCUT2D eigenvalue weighted by Crippen LogP contribution is -2.38. The Balaban J connectivity index is 2.31. The Kier molecular flexibility index (Phi) is 2.30. The second-order valence-electron chi connectivity index (χ2n) is 2.37. The number of likely N-dealkylation sites (N-methyl/N-ethyl adjacent to an activating group) is 1. The summed E-state index contributed by atoms with van der Waals surface area (Å²) in [6.45, 7) is 1.55. The van der Waals surface area contributed by atoms with Crippen molar-refractivity contribution >= 4 is 11.9 Å². The SMILES string of the molecule is CN1CCN=C1NCC(=O)O. The van der Waals surface area contributed by atoms with Crippen LogP contribution in [-0.4, -0.2) is 48.6 Å². The highest BCUT2D eigenvalue weighted by molar-refractivity contribution is 5.84. The molecule has 0 radical (unpaired) electrons. The van der Waals surface area contributed by atoms with Crippen LogP contribution >= 0.6 is 0 Å². The number of carbonyl (C=O) groups is 1. The molecule has 1 rings (SSSR count). The van der Waals surface area contributed by atoms with E-state index in [9.17, 15) is 4.79 Å². The average Bonchev–Trinajstić information content (AvgIpc) is 2.31. The Labute approximate surface area is 64.7 Å². The summed E-state index contributed by atoms with van der Waals surface area (Å²) in [7, 11) is 1.88. The van der Waals surface area contributed by atoms with Crippen LogP contribution in [-0.2, 0) is 4.79 Å². The maximum atomic E-state index is 10.1. The molecule has 2 N–H and O–H groups in total. The fourth-order valence-electron chi connectivity index (χ4n) is 0.878. The number of aliphatic imine (C=N–C) groups is 1. The predicted octanol–water partition coefficient (Wildman–Crippen LogP) is -1.04. The molecule has 1 heterocycles. The lowest BCUT2D eigenvalue weighted by molar-refractivity contribution is -0.135. The average molecular weight is 157 g/mol. The molecule has 11 heavy (non-hydrogen) atoms. The van der Waals surface area contributed by atoms with Gasteiger partial charge in [0.25, 0.3) is 0 Å². The first-order valence-electron chi connectivity index (χ1n) is 3.41. The molecule has 0 fully saturated rings. The smallest absolute Gasteiger partial charge is 0.322 e. The normalized spacial score (nSPS) is 16.5. The van der Waals surface area contributed by atoms with E-state index in [2.05, 4.69) is 10.3 Å². The molecule has 5 nitrogen and oxygen atoms in total. The van der Waals surface area contributed by atoms with Crippen LogP contribution in [0, 0.1) is 0 Å². The summed E-state index contributed by atoms with van der Waals surface area (Å²) in [5.41, 5.74) is 0. The lowest BCUT2D eigenvalue weighted by Gasteiger charge is -2.13. The van der Waals surface area contributed by atoms with Crippen molar-refractivity contribution in [1.82, 2.24) is 10.2 Å².